The predicted molar refractivity (Wildman–Crippen MR) is 65.6 cm³/mol. The standard InChI is InChI=1S/C12H25N3O/c1-4-10(11(16)14-13)15-8-7-12(5-2,6-3)9-15/h10H,4-9,13H2,1-3H3,(H,14,16). The Labute approximate surface area is 98.5 Å². The lowest BCUT2D eigenvalue weighted by Gasteiger charge is -2.29. The molecular formula is C12H25N3O. The first kappa shape index (κ1) is 13.5. The molecule has 1 heterocycles. The van der Waals surface area contributed by atoms with Gasteiger partial charge in [-0.1, -0.05) is 20.8 Å². The summed E-state index contributed by atoms with van der Waals surface area (Å²) in [5.74, 6) is 5.17. The van der Waals surface area contributed by atoms with Crippen LogP contribution in [0, 0.1) is 5.41 Å². The Morgan fingerprint density at radius 2 is 2.06 bits per heavy atom. The SMILES string of the molecule is CCC(C(=O)NN)N1CCC(CC)(CC)C1. The lowest BCUT2D eigenvalue weighted by Crippen LogP contribution is -2.48. The molecule has 0 aliphatic carbocycles. The smallest absolute Gasteiger partial charge is 0.251 e. The molecule has 0 radical (unpaired) electrons. The quantitative estimate of drug-likeness (QED) is 0.422. The van der Waals surface area contributed by atoms with Gasteiger partial charge >= 0.3 is 0 Å². The fraction of sp³-hybridized carbons (Fsp3) is 0.917. The van der Waals surface area contributed by atoms with E-state index in [1.807, 2.05) is 6.92 Å². The van der Waals surface area contributed by atoms with Crippen LogP contribution in [-0.2, 0) is 4.79 Å². The summed E-state index contributed by atoms with van der Waals surface area (Å²) >= 11 is 0. The van der Waals surface area contributed by atoms with Crippen molar-refractivity contribution in [3.05, 3.63) is 0 Å². The van der Waals surface area contributed by atoms with Gasteiger partial charge in [-0.3, -0.25) is 15.1 Å². The Bertz CT molecular complexity index is 238. The Morgan fingerprint density at radius 3 is 2.44 bits per heavy atom. The summed E-state index contributed by atoms with van der Waals surface area (Å²) in [4.78, 5) is 13.9. The maximum Gasteiger partial charge on any atom is 0.251 e. The topological polar surface area (TPSA) is 58.4 Å². The first-order valence-electron chi connectivity index (χ1n) is 6.37. The number of nitrogens with zero attached hydrogens (tertiary/aromatic N) is 1. The number of nitrogens with one attached hydrogen (secondary N) is 1. The van der Waals surface area contributed by atoms with Crippen molar-refractivity contribution >= 4 is 5.91 Å². The normalized spacial score (nSPS) is 22.0. The van der Waals surface area contributed by atoms with Crippen molar-refractivity contribution in [2.24, 2.45) is 11.3 Å². The molecule has 1 amide bonds. The minimum atomic E-state index is -0.0509. The molecule has 0 saturated carbocycles. The highest BCUT2D eigenvalue weighted by Crippen LogP contribution is 2.38. The summed E-state index contributed by atoms with van der Waals surface area (Å²) in [6.45, 7) is 8.59. The van der Waals surface area contributed by atoms with E-state index in [-0.39, 0.29) is 11.9 Å². The summed E-state index contributed by atoms with van der Waals surface area (Å²) in [7, 11) is 0. The van der Waals surface area contributed by atoms with Crippen LogP contribution in [0.1, 0.15) is 46.5 Å². The highest BCUT2D eigenvalue weighted by Gasteiger charge is 2.38. The second-order valence-electron chi connectivity index (χ2n) is 4.86. The van der Waals surface area contributed by atoms with Gasteiger partial charge in [0.2, 0.25) is 0 Å². The molecule has 0 bridgehead atoms. The Kier molecular flexibility index (Phi) is 4.74. The molecule has 0 spiro atoms. The molecule has 1 aliphatic heterocycles. The molecule has 1 saturated heterocycles. The van der Waals surface area contributed by atoms with E-state index >= 15 is 0 Å². The fourth-order valence-corrected chi connectivity index (χ4v) is 2.77. The average Bonchev–Trinajstić information content (AvgIpc) is 2.75. The van der Waals surface area contributed by atoms with E-state index in [0.29, 0.717) is 5.41 Å². The fourth-order valence-electron chi connectivity index (χ4n) is 2.77. The monoisotopic (exact) mass is 227 g/mol. The van der Waals surface area contributed by atoms with Crippen LogP contribution < -0.4 is 11.3 Å². The van der Waals surface area contributed by atoms with Crippen LogP contribution in [0.4, 0.5) is 0 Å². The van der Waals surface area contributed by atoms with Gasteiger partial charge in [0.15, 0.2) is 0 Å². The van der Waals surface area contributed by atoms with Gasteiger partial charge in [0, 0.05) is 6.54 Å². The highest BCUT2D eigenvalue weighted by atomic mass is 16.2. The van der Waals surface area contributed by atoms with Crippen LogP contribution in [0.5, 0.6) is 0 Å². The molecule has 94 valence electrons. The highest BCUT2D eigenvalue weighted by molar-refractivity contribution is 5.81. The number of hydrogen-bond acceptors (Lipinski definition) is 3. The Hall–Kier alpha value is -0.610. The van der Waals surface area contributed by atoms with E-state index in [9.17, 15) is 4.79 Å². The van der Waals surface area contributed by atoms with Gasteiger partial charge in [0.25, 0.3) is 5.91 Å². The molecule has 1 aliphatic rings. The van der Waals surface area contributed by atoms with Crippen molar-refractivity contribution < 1.29 is 4.79 Å². The van der Waals surface area contributed by atoms with E-state index in [1.165, 1.54) is 19.3 Å². The minimum absolute atomic E-state index is 0.0505. The largest absolute Gasteiger partial charge is 0.293 e. The Morgan fingerprint density at radius 1 is 1.44 bits per heavy atom. The minimum Gasteiger partial charge on any atom is -0.293 e. The van der Waals surface area contributed by atoms with Gasteiger partial charge in [0.1, 0.15) is 0 Å². The lowest BCUT2D eigenvalue weighted by molar-refractivity contribution is -0.126. The van der Waals surface area contributed by atoms with E-state index in [1.54, 1.807) is 0 Å². The van der Waals surface area contributed by atoms with E-state index in [0.717, 1.165) is 19.5 Å². The van der Waals surface area contributed by atoms with Gasteiger partial charge in [-0.05, 0) is 37.6 Å². The summed E-state index contributed by atoms with van der Waals surface area (Å²) in [5.41, 5.74) is 2.69. The third kappa shape index (κ3) is 2.55. The van der Waals surface area contributed by atoms with Gasteiger partial charge in [-0.15, -0.1) is 0 Å². The lowest BCUT2D eigenvalue weighted by atomic mass is 9.82. The molecule has 1 rings (SSSR count). The van der Waals surface area contributed by atoms with E-state index in [4.69, 9.17) is 5.84 Å². The summed E-state index contributed by atoms with van der Waals surface area (Å²) in [6, 6.07) is -0.0509. The van der Waals surface area contributed by atoms with Crippen LogP contribution in [0.15, 0.2) is 0 Å². The third-order valence-electron chi connectivity index (χ3n) is 4.24. The number of rotatable bonds is 5. The van der Waals surface area contributed by atoms with Gasteiger partial charge < -0.3 is 0 Å². The van der Waals surface area contributed by atoms with Crippen molar-refractivity contribution in [3.8, 4) is 0 Å². The van der Waals surface area contributed by atoms with Crippen molar-refractivity contribution in [3.63, 3.8) is 0 Å². The molecule has 4 heteroatoms. The summed E-state index contributed by atoms with van der Waals surface area (Å²) < 4.78 is 0. The first-order chi connectivity index (χ1) is 7.62. The third-order valence-corrected chi connectivity index (χ3v) is 4.24. The maximum absolute atomic E-state index is 11.6. The molecule has 4 nitrogen and oxygen atoms in total. The summed E-state index contributed by atoms with van der Waals surface area (Å²) in [6.07, 6.45) is 4.42. The first-order valence-corrected chi connectivity index (χ1v) is 6.37. The zero-order chi connectivity index (χ0) is 12.2. The van der Waals surface area contributed by atoms with Gasteiger partial charge in [0.05, 0.1) is 6.04 Å². The van der Waals surface area contributed by atoms with Crippen LogP contribution in [0.25, 0.3) is 0 Å². The molecule has 0 aromatic carbocycles. The van der Waals surface area contributed by atoms with Crippen molar-refractivity contribution in [1.82, 2.24) is 10.3 Å². The maximum atomic E-state index is 11.6. The molecule has 1 unspecified atom stereocenters. The van der Waals surface area contributed by atoms with Crippen molar-refractivity contribution in [2.75, 3.05) is 13.1 Å². The number of carbonyl (C=O) groups is 1. The number of amides is 1. The van der Waals surface area contributed by atoms with E-state index < -0.39 is 0 Å². The molecular weight excluding hydrogens is 202 g/mol. The van der Waals surface area contributed by atoms with Crippen LogP contribution in [-0.4, -0.2) is 29.9 Å². The molecule has 1 fully saturated rings. The van der Waals surface area contributed by atoms with Crippen molar-refractivity contribution in [1.29, 1.82) is 0 Å². The molecule has 0 aromatic rings. The zero-order valence-corrected chi connectivity index (χ0v) is 10.8. The molecule has 1 atom stereocenters. The van der Waals surface area contributed by atoms with Crippen molar-refractivity contribution in [2.45, 2.75) is 52.5 Å². The number of hydrazine groups is 1. The number of likely N-dealkylation sites (tertiary alicyclic amines) is 1. The average molecular weight is 227 g/mol. The number of nitrogens with two attached hydrogens (primary N) is 1. The zero-order valence-electron chi connectivity index (χ0n) is 10.8. The predicted octanol–water partition coefficient (Wildman–Crippen LogP) is 1.27. The molecule has 0 aromatic heterocycles. The van der Waals surface area contributed by atoms with E-state index in [2.05, 4.69) is 24.2 Å². The molecule has 3 N–H and O–H groups in total. The molecule has 16 heavy (non-hydrogen) atoms. The van der Waals surface area contributed by atoms with Crippen LogP contribution in [0.2, 0.25) is 0 Å². The summed E-state index contributed by atoms with van der Waals surface area (Å²) in [5, 5.41) is 0. The van der Waals surface area contributed by atoms with Crippen LogP contribution >= 0.6 is 0 Å². The number of hydrogen-bond donors (Lipinski definition) is 2. The second kappa shape index (κ2) is 5.64. The van der Waals surface area contributed by atoms with Gasteiger partial charge in [-0.2, -0.15) is 0 Å². The number of carbonyl (C=O) groups excluding carboxylic acids is 1. The van der Waals surface area contributed by atoms with Crippen LogP contribution in [0.3, 0.4) is 0 Å². The van der Waals surface area contributed by atoms with Gasteiger partial charge in [-0.25, -0.2) is 5.84 Å². The second-order valence-corrected chi connectivity index (χ2v) is 4.86. The Balaban J connectivity index is 2.66.